The maximum Gasteiger partial charge on any atom is 0.258 e. The first-order valence-electron chi connectivity index (χ1n) is 7.30. The van der Waals surface area contributed by atoms with Crippen molar-refractivity contribution in [2.45, 2.75) is 47.6 Å². The van der Waals surface area contributed by atoms with Gasteiger partial charge in [0.05, 0.1) is 0 Å². The molecule has 1 aromatic rings. The second-order valence-electron chi connectivity index (χ2n) is 6.14. The zero-order valence-electron chi connectivity index (χ0n) is 13.5. The Labute approximate surface area is 122 Å². The summed E-state index contributed by atoms with van der Waals surface area (Å²) in [6.45, 7) is 12.6. The molecule has 0 aliphatic rings. The molecule has 0 saturated carbocycles. The standard InChI is InChI=1S/C17H27NO2/c1-11(2)17(12(3)4)18-16(19)10-20-15-9-13(5)7-8-14(15)6/h7-9,11-12,17H,10H2,1-6H3,(H,18,19). The molecule has 1 N–H and O–H groups in total. The minimum atomic E-state index is -0.0571. The third-order valence-corrected chi connectivity index (χ3v) is 3.47. The molecular weight excluding hydrogens is 250 g/mol. The van der Waals surface area contributed by atoms with Crippen LogP contribution in [0.25, 0.3) is 0 Å². The van der Waals surface area contributed by atoms with Gasteiger partial charge in [0.1, 0.15) is 5.75 Å². The summed E-state index contributed by atoms with van der Waals surface area (Å²) in [6.07, 6.45) is 0. The van der Waals surface area contributed by atoms with E-state index in [9.17, 15) is 4.79 Å². The molecule has 0 fully saturated rings. The lowest BCUT2D eigenvalue weighted by molar-refractivity contribution is -0.124. The number of ether oxygens (including phenoxy) is 1. The van der Waals surface area contributed by atoms with Gasteiger partial charge in [0.2, 0.25) is 0 Å². The number of amides is 1. The quantitative estimate of drug-likeness (QED) is 0.864. The van der Waals surface area contributed by atoms with Crippen LogP contribution < -0.4 is 10.1 Å². The fraction of sp³-hybridized carbons (Fsp3) is 0.588. The summed E-state index contributed by atoms with van der Waals surface area (Å²) in [7, 11) is 0. The second kappa shape index (κ2) is 7.32. The molecule has 1 amide bonds. The van der Waals surface area contributed by atoms with Gasteiger partial charge in [-0.2, -0.15) is 0 Å². The van der Waals surface area contributed by atoms with Gasteiger partial charge in [-0.25, -0.2) is 0 Å². The number of carbonyl (C=O) groups excluding carboxylic acids is 1. The van der Waals surface area contributed by atoms with E-state index >= 15 is 0 Å². The van der Waals surface area contributed by atoms with Crippen molar-refractivity contribution in [2.75, 3.05) is 6.61 Å². The fourth-order valence-electron chi connectivity index (χ4n) is 2.34. The molecule has 20 heavy (non-hydrogen) atoms. The monoisotopic (exact) mass is 277 g/mol. The van der Waals surface area contributed by atoms with Crippen LogP contribution in [0.5, 0.6) is 5.75 Å². The summed E-state index contributed by atoms with van der Waals surface area (Å²) in [5.74, 6) is 1.56. The summed E-state index contributed by atoms with van der Waals surface area (Å²) in [4.78, 5) is 12.0. The number of benzene rings is 1. The first-order valence-corrected chi connectivity index (χ1v) is 7.30. The van der Waals surface area contributed by atoms with Crippen molar-refractivity contribution in [3.8, 4) is 5.75 Å². The molecule has 3 nitrogen and oxygen atoms in total. The van der Waals surface area contributed by atoms with Crippen LogP contribution in [0, 0.1) is 25.7 Å². The Morgan fingerprint density at radius 3 is 2.30 bits per heavy atom. The molecule has 0 bridgehead atoms. The lowest BCUT2D eigenvalue weighted by Gasteiger charge is -2.26. The van der Waals surface area contributed by atoms with Crippen LogP contribution in [-0.4, -0.2) is 18.6 Å². The van der Waals surface area contributed by atoms with Gasteiger partial charge >= 0.3 is 0 Å². The van der Waals surface area contributed by atoms with E-state index in [1.165, 1.54) is 0 Å². The van der Waals surface area contributed by atoms with Crippen molar-refractivity contribution < 1.29 is 9.53 Å². The number of hydrogen-bond donors (Lipinski definition) is 1. The van der Waals surface area contributed by atoms with Gasteiger partial charge in [-0.05, 0) is 42.9 Å². The molecule has 1 rings (SSSR count). The van der Waals surface area contributed by atoms with Crippen LogP contribution >= 0.6 is 0 Å². The van der Waals surface area contributed by atoms with E-state index in [2.05, 4.69) is 33.0 Å². The van der Waals surface area contributed by atoms with Gasteiger partial charge in [0, 0.05) is 6.04 Å². The lowest BCUT2D eigenvalue weighted by atomic mass is 9.93. The van der Waals surface area contributed by atoms with E-state index < -0.39 is 0 Å². The highest BCUT2D eigenvalue weighted by Crippen LogP contribution is 2.19. The summed E-state index contributed by atoms with van der Waals surface area (Å²) < 4.78 is 5.63. The van der Waals surface area contributed by atoms with E-state index in [1.807, 2.05) is 32.0 Å². The Morgan fingerprint density at radius 1 is 1.15 bits per heavy atom. The first-order chi connectivity index (χ1) is 9.31. The van der Waals surface area contributed by atoms with Gasteiger partial charge in [0.15, 0.2) is 6.61 Å². The number of carbonyl (C=O) groups is 1. The van der Waals surface area contributed by atoms with Gasteiger partial charge in [-0.3, -0.25) is 4.79 Å². The average molecular weight is 277 g/mol. The van der Waals surface area contributed by atoms with Crippen molar-refractivity contribution in [3.63, 3.8) is 0 Å². The topological polar surface area (TPSA) is 38.3 Å². The molecule has 0 saturated heterocycles. The predicted octanol–water partition coefficient (Wildman–Crippen LogP) is 3.48. The van der Waals surface area contributed by atoms with E-state index in [0.29, 0.717) is 11.8 Å². The molecule has 112 valence electrons. The van der Waals surface area contributed by atoms with Crippen LogP contribution in [0.2, 0.25) is 0 Å². The number of aryl methyl sites for hydroxylation is 2. The lowest BCUT2D eigenvalue weighted by Crippen LogP contribution is -2.44. The van der Waals surface area contributed by atoms with E-state index in [0.717, 1.165) is 16.9 Å². The van der Waals surface area contributed by atoms with Gasteiger partial charge < -0.3 is 10.1 Å². The smallest absolute Gasteiger partial charge is 0.258 e. The van der Waals surface area contributed by atoms with Crippen LogP contribution in [-0.2, 0) is 4.79 Å². The fourth-order valence-corrected chi connectivity index (χ4v) is 2.34. The van der Waals surface area contributed by atoms with Crippen LogP contribution in [0.3, 0.4) is 0 Å². The van der Waals surface area contributed by atoms with Crippen molar-refractivity contribution in [3.05, 3.63) is 29.3 Å². The highest BCUT2D eigenvalue weighted by Gasteiger charge is 2.19. The third kappa shape index (κ3) is 4.87. The SMILES string of the molecule is Cc1ccc(C)c(OCC(=O)NC(C(C)C)C(C)C)c1. The summed E-state index contributed by atoms with van der Waals surface area (Å²) in [5.41, 5.74) is 2.18. The first kappa shape index (κ1) is 16.5. The van der Waals surface area contributed by atoms with E-state index in [1.54, 1.807) is 0 Å². The number of nitrogens with one attached hydrogen (secondary N) is 1. The van der Waals surface area contributed by atoms with Crippen LogP contribution in [0.1, 0.15) is 38.8 Å². The summed E-state index contributed by atoms with van der Waals surface area (Å²) in [6, 6.07) is 6.19. The highest BCUT2D eigenvalue weighted by molar-refractivity contribution is 5.78. The molecular formula is C17H27NO2. The largest absolute Gasteiger partial charge is 0.483 e. The van der Waals surface area contributed by atoms with Gasteiger partial charge in [-0.1, -0.05) is 39.8 Å². The molecule has 0 unspecified atom stereocenters. The van der Waals surface area contributed by atoms with Crippen LogP contribution in [0.4, 0.5) is 0 Å². The van der Waals surface area contributed by atoms with Crippen molar-refractivity contribution in [1.82, 2.24) is 5.32 Å². The maximum absolute atomic E-state index is 12.0. The predicted molar refractivity (Wildman–Crippen MR) is 83.0 cm³/mol. The minimum absolute atomic E-state index is 0.0571. The Morgan fingerprint density at radius 2 is 1.75 bits per heavy atom. The van der Waals surface area contributed by atoms with Crippen molar-refractivity contribution in [2.24, 2.45) is 11.8 Å². The van der Waals surface area contributed by atoms with E-state index in [-0.39, 0.29) is 18.6 Å². The van der Waals surface area contributed by atoms with E-state index in [4.69, 9.17) is 4.74 Å². The van der Waals surface area contributed by atoms with Crippen molar-refractivity contribution >= 4 is 5.91 Å². The summed E-state index contributed by atoms with van der Waals surface area (Å²) >= 11 is 0. The molecule has 0 spiro atoms. The molecule has 0 atom stereocenters. The minimum Gasteiger partial charge on any atom is -0.483 e. The van der Waals surface area contributed by atoms with Crippen molar-refractivity contribution in [1.29, 1.82) is 0 Å². The molecule has 0 aromatic heterocycles. The second-order valence-corrected chi connectivity index (χ2v) is 6.14. The number of rotatable bonds is 6. The zero-order chi connectivity index (χ0) is 15.3. The number of hydrogen-bond acceptors (Lipinski definition) is 2. The summed E-state index contributed by atoms with van der Waals surface area (Å²) in [5, 5.41) is 3.06. The third-order valence-electron chi connectivity index (χ3n) is 3.47. The van der Waals surface area contributed by atoms with Gasteiger partial charge in [-0.15, -0.1) is 0 Å². The maximum atomic E-state index is 12.0. The van der Waals surface area contributed by atoms with Crippen LogP contribution in [0.15, 0.2) is 18.2 Å². The normalized spacial score (nSPS) is 11.2. The molecule has 0 aliphatic carbocycles. The molecule has 0 aliphatic heterocycles. The van der Waals surface area contributed by atoms with Gasteiger partial charge in [0.25, 0.3) is 5.91 Å². The Hall–Kier alpha value is -1.51. The molecule has 0 radical (unpaired) electrons. The Balaban J connectivity index is 2.57. The molecule has 1 aromatic carbocycles. The highest BCUT2D eigenvalue weighted by atomic mass is 16.5. The Kier molecular flexibility index (Phi) is 6.05. The average Bonchev–Trinajstić information content (AvgIpc) is 2.36. The molecule has 3 heteroatoms. The molecule has 0 heterocycles. The zero-order valence-corrected chi connectivity index (χ0v) is 13.5. The Bertz CT molecular complexity index is 444.